The van der Waals surface area contributed by atoms with Crippen LogP contribution >= 0.6 is 0 Å². The van der Waals surface area contributed by atoms with Gasteiger partial charge in [0.1, 0.15) is 17.5 Å². The maximum Gasteiger partial charge on any atom is 0.269 e. The third-order valence-electron chi connectivity index (χ3n) is 5.70. The molecule has 1 amide bonds. The predicted molar refractivity (Wildman–Crippen MR) is 120 cm³/mol. The van der Waals surface area contributed by atoms with Gasteiger partial charge in [0.05, 0.1) is 0 Å². The molecule has 0 bridgehead atoms. The summed E-state index contributed by atoms with van der Waals surface area (Å²) < 4.78 is 0. The van der Waals surface area contributed by atoms with Crippen LogP contribution in [-0.2, 0) is 6.42 Å². The van der Waals surface area contributed by atoms with Crippen molar-refractivity contribution in [1.29, 1.82) is 0 Å². The summed E-state index contributed by atoms with van der Waals surface area (Å²) in [4.78, 5) is 32.2. The third-order valence-corrected chi connectivity index (χ3v) is 5.70. The van der Waals surface area contributed by atoms with Gasteiger partial charge in [0.15, 0.2) is 5.82 Å². The predicted octanol–water partition coefficient (Wildman–Crippen LogP) is 3.84. The van der Waals surface area contributed by atoms with Crippen LogP contribution in [0.5, 0.6) is 0 Å². The molecule has 0 fully saturated rings. The van der Waals surface area contributed by atoms with Gasteiger partial charge >= 0.3 is 0 Å². The second kappa shape index (κ2) is 7.75. The molecule has 0 saturated heterocycles. The Hall–Kier alpha value is -3.87. The molecule has 1 aliphatic heterocycles. The molecule has 0 spiro atoms. The summed E-state index contributed by atoms with van der Waals surface area (Å²) in [6.07, 6.45) is 8.96. The Kier molecular flexibility index (Phi) is 4.78. The molecule has 0 radical (unpaired) electrons. The van der Waals surface area contributed by atoms with Crippen LogP contribution in [0.15, 0.2) is 55.2 Å². The first-order chi connectivity index (χ1) is 15.2. The third kappa shape index (κ3) is 3.38. The molecule has 0 atom stereocenters. The maximum atomic E-state index is 12.4. The van der Waals surface area contributed by atoms with Crippen molar-refractivity contribution in [2.24, 2.45) is 0 Å². The van der Waals surface area contributed by atoms with Crippen molar-refractivity contribution in [3.63, 3.8) is 0 Å². The lowest BCUT2D eigenvalue weighted by Crippen LogP contribution is -2.27. The molecule has 4 aromatic rings. The minimum absolute atomic E-state index is 0.208. The number of amides is 1. The highest BCUT2D eigenvalue weighted by Gasteiger charge is 2.24. The normalized spacial score (nSPS) is 13.2. The zero-order valence-corrected chi connectivity index (χ0v) is 17.5. The number of benzene rings is 1. The van der Waals surface area contributed by atoms with Crippen LogP contribution in [0.4, 0.5) is 11.5 Å². The molecule has 5 rings (SSSR count). The number of nitrogens with one attached hydrogen (secondary N) is 1. The van der Waals surface area contributed by atoms with Crippen LogP contribution < -0.4 is 10.2 Å². The molecule has 0 unspecified atom stereocenters. The summed E-state index contributed by atoms with van der Waals surface area (Å²) in [5, 5.41) is 3.57. The van der Waals surface area contributed by atoms with E-state index in [1.807, 2.05) is 24.5 Å². The van der Waals surface area contributed by atoms with E-state index in [1.54, 1.807) is 25.6 Å². The van der Waals surface area contributed by atoms with Gasteiger partial charge in [-0.2, -0.15) is 0 Å². The van der Waals surface area contributed by atoms with E-state index in [0.717, 1.165) is 52.7 Å². The van der Waals surface area contributed by atoms with Gasteiger partial charge in [0, 0.05) is 48.8 Å². The summed E-state index contributed by atoms with van der Waals surface area (Å²) >= 11 is 0. The van der Waals surface area contributed by atoms with Gasteiger partial charge < -0.3 is 10.2 Å². The Bertz CT molecular complexity index is 1290. The zero-order chi connectivity index (χ0) is 21.4. The molecule has 0 saturated carbocycles. The van der Waals surface area contributed by atoms with Crippen LogP contribution in [0.3, 0.4) is 0 Å². The topological polar surface area (TPSA) is 83.9 Å². The number of carbonyl (C=O) groups is 1. The monoisotopic (exact) mass is 410 g/mol. The number of carbonyl (C=O) groups excluding carboxylic acids is 1. The number of hydrogen-bond donors (Lipinski definition) is 1. The molecular weight excluding hydrogens is 388 g/mol. The minimum atomic E-state index is -0.208. The first-order valence-electron chi connectivity index (χ1n) is 10.3. The number of aromatic nitrogens is 4. The highest BCUT2D eigenvalue weighted by Crippen LogP contribution is 2.39. The van der Waals surface area contributed by atoms with Crippen molar-refractivity contribution in [1.82, 2.24) is 25.3 Å². The van der Waals surface area contributed by atoms with Crippen LogP contribution in [-0.4, -0.2) is 39.4 Å². The quantitative estimate of drug-likeness (QED) is 0.552. The van der Waals surface area contributed by atoms with E-state index in [4.69, 9.17) is 4.98 Å². The standard InChI is InChI=1S/C24H22N6O/c1-15-9-21-16(10-19(15)18-12-26-14-27-13-18)6-4-8-30(21)23-22-17(5-3-7-28-22)11-20(29-23)24(31)25-2/h3,5,7,9-14H,4,6,8H2,1-2H3,(H,25,31). The molecular formula is C24H22N6O. The van der Waals surface area contributed by atoms with E-state index in [-0.39, 0.29) is 5.91 Å². The van der Waals surface area contributed by atoms with E-state index in [1.165, 1.54) is 5.56 Å². The lowest BCUT2D eigenvalue weighted by molar-refractivity contribution is 0.0958. The molecule has 154 valence electrons. The Morgan fingerprint density at radius 3 is 2.81 bits per heavy atom. The second-order valence-corrected chi connectivity index (χ2v) is 7.66. The van der Waals surface area contributed by atoms with Gasteiger partial charge in [-0.05, 0) is 60.7 Å². The van der Waals surface area contributed by atoms with Crippen molar-refractivity contribution in [2.75, 3.05) is 18.5 Å². The van der Waals surface area contributed by atoms with Gasteiger partial charge in [0.25, 0.3) is 5.91 Å². The molecule has 1 N–H and O–H groups in total. The van der Waals surface area contributed by atoms with Crippen LogP contribution in [0.2, 0.25) is 0 Å². The van der Waals surface area contributed by atoms with E-state index in [2.05, 4.69) is 44.2 Å². The Morgan fingerprint density at radius 2 is 2.00 bits per heavy atom. The number of rotatable bonds is 3. The first kappa shape index (κ1) is 19.1. The van der Waals surface area contributed by atoms with E-state index >= 15 is 0 Å². The van der Waals surface area contributed by atoms with Gasteiger partial charge in [-0.1, -0.05) is 6.07 Å². The first-order valence-corrected chi connectivity index (χ1v) is 10.3. The van der Waals surface area contributed by atoms with E-state index in [0.29, 0.717) is 11.5 Å². The Morgan fingerprint density at radius 1 is 1.16 bits per heavy atom. The number of fused-ring (bicyclic) bond motifs is 2. The van der Waals surface area contributed by atoms with Gasteiger partial charge in [-0.15, -0.1) is 0 Å². The van der Waals surface area contributed by atoms with Crippen molar-refractivity contribution in [3.8, 4) is 11.1 Å². The Labute approximate surface area is 180 Å². The average molecular weight is 410 g/mol. The zero-order valence-electron chi connectivity index (χ0n) is 17.5. The number of pyridine rings is 2. The van der Waals surface area contributed by atoms with Crippen molar-refractivity contribution in [2.45, 2.75) is 19.8 Å². The summed E-state index contributed by atoms with van der Waals surface area (Å²) in [6, 6.07) is 10.1. The summed E-state index contributed by atoms with van der Waals surface area (Å²) in [6.45, 7) is 2.91. The van der Waals surface area contributed by atoms with Gasteiger partial charge in [0.2, 0.25) is 0 Å². The lowest BCUT2D eigenvalue weighted by atomic mass is 9.93. The SMILES string of the molecule is CNC(=O)c1cc2cccnc2c(N2CCCc3cc(-c4cncnc4)c(C)cc32)n1. The maximum absolute atomic E-state index is 12.4. The van der Waals surface area contributed by atoms with Crippen molar-refractivity contribution in [3.05, 3.63) is 72.1 Å². The number of hydrogen-bond acceptors (Lipinski definition) is 6. The summed E-state index contributed by atoms with van der Waals surface area (Å²) in [5.74, 6) is 0.507. The number of aryl methyl sites for hydroxylation is 2. The molecule has 4 heterocycles. The fourth-order valence-electron chi connectivity index (χ4n) is 4.21. The fourth-order valence-corrected chi connectivity index (χ4v) is 4.21. The second-order valence-electron chi connectivity index (χ2n) is 7.66. The molecule has 31 heavy (non-hydrogen) atoms. The fraction of sp³-hybridized carbons (Fsp3) is 0.208. The van der Waals surface area contributed by atoms with Crippen molar-refractivity contribution < 1.29 is 4.79 Å². The molecule has 1 aliphatic rings. The molecule has 1 aromatic carbocycles. The van der Waals surface area contributed by atoms with E-state index in [9.17, 15) is 4.79 Å². The van der Waals surface area contributed by atoms with Crippen LogP contribution in [0.1, 0.15) is 28.0 Å². The van der Waals surface area contributed by atoms with Crippen LogP contribution in [0.25, 0.3) is 22.0 Å². The van der Waals surface area contributed by atoms with Crippen molar-refractivity contribution >= 4 is 28.3 Å². The summed E-state index contributed by atoms with van der Waals surface area (Å²) in [5.41, 5.74) is 6.81. The smallest absolute Gasteiger partial charge is 0.269 e. The van der Waals surface area contributed by atoms with Gasteiger partial charge in [-0.3, -0.25) is 9.78 Å². The molecule has 0 aliphatic carbocycles. The van der Waals surface area contributed by atoms with E-state index < -0.39 is 0 Å². The number of anilines is 2. The lowest BCUT2D eigenvalue weighted by Gasteiger charge is -2.32. The molecule has 7 heteroatoms. The minimum Gasteiger partial charge on any atom is -0.354 e. The highest BCUT2D eigenvalue weighted by molar-refractivity contribution is 6.00. The number of nitrogens with zero attached hydrogens (tertiary/aromatic N) is 5. The van der Waals surface area contributed by atoms with Crippen LogP contribution in [0, 0.1) is 6.92 Å². The highest BCUT2D eigenvalue weighted by atomic mass is 16.1. The Balaban J connectivity index is 1.68. The summed E-state index contributed by atoms with van der Waals surface area (Å²) in [7, 11) is 1.62. The van der Waals surface area contributed by atoms with Gasteiger partial charge in [-0.25, -0.2) is 15.0 Å². The molecule has 7 nitrogen and oxygen atoms in total. The molecule has 3 aromatic heterocycles. The average Bonchev–Trinajstić information content (AvgIpc) is 2.82. The largest absolute Gasteiger partial charge is 0.354 e.